The van der Waals surface area contributed by atoms with Gasteiger partial charge in [-0.15, -0.1) is 0 Å². The van der Waals surface area contributed by atoms with Crippen LogP contribution in [0.5, 0.6) is 5.75 Å². The molecule has 0 aromatic heterocycles. The Hall–Kier alpha value is -1.96. The minimum absolute atomic E-state index is 0.405. The zero-order valence-electron chi connectivity index (χ0n) is 12.6. The third kappa shape index (κ3) is 3.38. The number of nitrogens with one attached hydrogen (secondary N) is 1. The molecule has 1 aliphatic rings. The number of methoxy groups -OCH3 is 1. The molecule has 0 heterocycles. The summed E-state index contributed by atoms with van der Waals surface area (Å²) in [5.41, 5.74) is 2.55. The molecule has 110 valence electrons. The van der Waals surface area contributed by atoms with Crippen molar-refractivity contribution in [3.63, 3.8) is 0 Å². The zero-order chi connectivity index (χ0) is 14.5. The van der Waals surface area contributed by atoms with Crippen LogP contribution in [0.25, 0.3) is 0 Å². The smallest absolute Gasteiger partial charge is 0.119 e. The van der Waals surface area contributed by atoms with E-state index >= 15 is 0 Å². The molecule has 2 heteroatoms. The SMILES string of the molecule is COc1ccc(N[C@H](c2ccccc2)C2CCCC2)cc1. The van der Waals surface area contributed by atoms with Gasteiger partial charge < -0.3 is 10.1 Å². The number of rotatable bonds is 5. The van der Waals surface area contributed by atoms with Crippen LogP contribution in [0.3, 0.4) is 0 Å². The maximum atomic E-state index is 5.23. The summed E-state index contributed by atoms with van der Waals surface area (Å²) in [6.45, 7) is 0. The molecule has 2 nitrogen and oxygen atoms in total. The molecule has 1 atom stereocenters. The summed E-state index contributed by atoms with van der Waals surface area (Å²) in [5.74, 6) is 1.63. The van der Waals surface area contributed by atoms with Gasteiger partial charge in [0.1, 0.15) is 5.75 Å². The monoisotopic (exact) mass is 281 g/mol. The number of hydrogen-bond donors (Lipinski definition) is 1. The highest BCUT2D eigenvalue weighted by atomic mass is 16.5. The van der Waals surface area contributed by atoms with Crippen LogP contribution in [-0.2, 0) is 0 Å². The molecular formula is C19H23NO. The lowest BCUT2D eigenvalue weighted by Crippen LogP contribution is -2.18. The molecule has 0 amide bonds. The average Bonchev–Trinajstić information content (AvgIpc) is 3.08. The van der Waals surface area contributed by atoms with Gasteiger partial charge in [0.15, 0.2) is 0 Å². The van der Waals surface area contributed by atoms with Gasteiger partial charge in [-0.25, -0.2) is 0 Å². The lowest BCUT2D eigenvalue weighted by atomic mass is 9.91. The van der Waals surface area contributed by atoms with E-state index in [2.05, 4.69) is 47.8 Å². The summed E-state index contributed by atoms with van der Waals surface area (Å²) in [4.78, 5) is 0. The fourth-order valence-electron chi connectivity index (χ4n) is 3.29. The van der Waals surface area contributed by atoms with Crippen molar-refractivity contribution >= 4 is 5.69 Å². The van der Waals surface area contributed by atoms with Crippen molar-refractivity contribution in [2.45, 2.75) is 31.7 Å². The van der Waals surface area contributed by atoms with E-state index in [-0.39, 0.29) is 0 Å². The van der Waals surface area contributed by atoms with E-state index in [1.54, 1.807) is 7.11 Å². The predicted octanol–water partition coefficient (Wildman–Crippen LogP) is 5.04. The first-order valence-corrected chi connectivity index (χ1v) is 7.82. The second-order valence-corrected chi connectivity index (χ2v) is 5.81. The van der Waals surface area contributed by atoms with Crippen LogP contribution in [0.4, 0.5) is 5.69 Å². The van der Waals surface area contributed by atoms with Crippen molar-refractivity contribution in [3.05, 3.63) is 60.2 Å². The van der Waals surface area contributed by atoms with Crippen LogP contribution < -0.4 is 10.1 Å². The molecule has 0 saturated heterocycles. The molecular weight excluding hydrogens is 258 g/mol. The maximum absolute atomic E-state index is 5.23. The maximum Gasteiger partial charge on any atom is 0.119 e. The Bertz CT molecular complexity index is 544. The Morgan fingerprint density at radius 1 is 0.952 bits per heavy atom. The summed E-state index contributed by atoms with van der Waals surface area (Å²) in [6, 6.07) is 19.5. The Kier molecular flexibility index (Phi) is 4.44. The molecule has 1 saturated carbocycles. The number of anilines is 1. The third-order valence-electron chi connectivity index (χ3n) is 4.44. The molecule has 0 aliphatic heterocycles. The summed E-state index contributed by atoms with van der Waals surface area (Å²) in [7, 11) is 1.70. The van der Waals surface area contributed by atoms with Crippen molar-refractivity contribution < 1.29 is 4.74 Å². The van der Waals surface area contributed by atoms with E-state index in [0.29, 0.717) is 6.04 Å². The second-order valence-electron chi connectivity index (χ2n) is 5.81. The Labute approximate surface area is 127 Å². The number of benzene rings is 2. The van der Waals surface area contributed by atoms with Crippen LogP contribution in [0.2, 0.25) is 0 Å². The van der Waals surface area contributed by atoms with Crippen LogP contribution in [0.1, 0.15) is 37.3 Å². The van der Waals surface area contributed by atoms with E-state index in [1.807, 2.05) is 12.1 Å². The van der Waals surface area contributed by atoms with Crippen molar-refractivity contribution in [2.24, 2.45) is 5.92 Å². The molecule has 0 bridgehead atoms. The van der Waals surface area contributed by atoms with Gasteiger partial charge in [0.25, 0.3) is 0 Å². The van der Waals surface area contributed by atoms with E-state index < -0.39 is 0 Å². The molecule has 3 rings (SSSR count). The number of ether oxygens (including phenoxy) is 1. The lowest BCUT2D eigenvalue weighted by Gasteiger charge is -2.26. The average molecular weight is 281 g/mol. The van der Waals surface area contributed by atoms with Crippen molar-refractivity contribution in [3.8, 4) is 5.75 Å². The molecule has 0 spiro atoms. The fourth-order valence-corrected chi connectivity index (χ4v) is 3.29. The van der Waals surface area contributed by atoms with E-state index in [4.69, 9.17) is 4.74 Å². The Morgan fingerprint density at radius 3 is 2.24 bits per heavy atom. The molecule has 2 aromatic carbocycles. The first-order chi connectivity index (χ1) is 10.4. The molecule has 1 N–H and O–H groups in total. The van der Waals surface area contributed by atoms with Gasteiger partial charge in [-0.05, 0) is 48.6 Å². The molecule has 1 aliphatic carbocycles. The largest absolute Gasteiger partial charge is 0.497 e. The molecule has 0 unspecified atom stereocenters. The lowest BCUT2D eigenvalue weighted by molar-refractivity contribution is 0.415. The van der Waals surface area contributed by atoms with E-state index in [0.717, 1.165) is 17.4 Å². The first kappa shape index (κ1) is 14.0. The van der Waals surface area contributed by atoms with Gasteiger partial charge in [-0.1, -0.05) is 43.2 Å². The summed E-state index contributed by atoms with van der Waals surface area (Å²) in [6.07, 6.45) is 5.36. The van der Waals surface area contributed by atoms with Crippen LogP contribution >= 0.6 is 0 Å². The third-order valence-corrected chi connectivity index (χ3v) is 4.44. The molecule has 21 heavy (non-hydrogen) atoms. The van der Waals surface area contributed by atoms with Gasteiger partial charge in [0.05, 0.1) is 13.2 Å². The molecule has 2 aromatic rings. The summed E-state index contributed by atoms with van der Waals surface area (Å²) in [5, 5.41) is 3.73. The minimum atomic E-state index is 0.405. The van der Waals surface area contributed by atoms with Gasteiger partial charge >= 0.3 is 0 Å². The predicted molar refractivity (Wildman–Crippen MR) is 87.8 cm³/mol. The summed E-state index contributed by atoms with van der Waals surface area (Å²) < 4.78 is 5.23. The fraction of sp³-hybridized carbons (Fsp3) is 0.368. The highest BCUT2D eigenvalue weighted by Gasteiger charge is 2.26. The first-order valence-electron chi connectivity index (χ1n) is 7.82. The normalized spacial score (nSPS) is 16.6. The van der Waals surface area contributed by atoms with Crippen LogP contribution in [0.15, 0.2) is 54.6 Å². The standard InChI is InChI=1S/C19H23NO/c1-21-18-13-11-17(12-14-18)20-19(16-9-5-6-10-16)15-7-3-2-4-8-15/h2-4,7-8,11-14,16,19-20H,5-6,9-10H2,1H3/t19-/m1/s1. The van der Waals surface area contributed by atoms with Gasteiger partial charge in [0.2, 0.25) is 0 Å². The second kappa shape index (κ2) is 6.66. The highest BCUT2D eigenvalue weighted by Crippen LogP contribution is 2.37. The van der Waals surface area contributed by atoms with Crippen LogP contribution in [-0.4, -0.2) is 7.11 Å². The quantitative estimate of drug-likeness (QED) is 0.829. The Balaban J connectivity index is 1.81. The minimum Gasteiger partial charge on any atom is -0.497 e. The van der Waals surface area contributed by atoms with Crippen molar-refractivity contribution in [1.29, 1.82) is 0 Å². The van der Waals surface area contributed by atoms with E-state index in [1.165, 1.54) is 31.2 Å². The van der Waals surface area contributed by atoms with E-state index in [9.17, 15) is 0 Å². The topological polar surface area (TPSA) is 21.3 Å². The zero-order valence-corrected chi connectivity index (χ0v) is 12.6. The van der Waals surface area contributed by atoms with Crippen molar-refractivity contribution in [1.82, 2.24) is 0 Å². The van der Waals surface area contributed by atoms with Gasteiger partial charge in [0, 0.05) is 5.69 Å². The van der Waals surface area contributed by atoms with Crippen LogP contribution in [0, 0.1) is 5.92 Å². The molecule has 1 fully saturated rings. The van der Waals surface area contributed by atoms with Gasteiger partial charge in [-0.3, -0.25) is 0 Å². The molecule has 0 radical (unpaired) electrons. The summed E-state index contributed by atoms with van der Waals surface area (Å²) >= 11 is 0. The van der Waals surface area contributed by atoms with Crippen molar-refractivity contribution in [2.75, 3.05) is 12.4 Å². The highest BCUT2D eigenvalue weighted by molar-refractivity contribution is 5.48. The Morgan fingerprint density at radius 2 is 1.62 bits per heavy atom. The number of hydrogen-bond acceptors (Lipinski definition) is 2. The van der Waals surface area contributed by atoms with Gasteiger partial charge in [-0.2, -0.15) is 0 Å².